The number of fused-ring (bicyclic) bond motifs is 1. The maximum absolute atomic E-state index is 13.8. The Hall–Kier alpha value is -2.39. The number of carbonyl (C=O) groups excluding carboxylic acids is 3. The SMILES string of the molecule is N[C@H]1CN(Cc2ccc3c(c2)C(=O)N(C2CCC(=O)NC2=O)C3)CC(F)(F)C1. The van der Waals surface area contributed by atoms with E-state index in [0.29, 0.717) is 25.1 Å². The van der Waals surface area contributed by atoms with Gasteiger partial charge in [0.15, 0.2) is 0 Å². The van der Waals surface area contributed by atoms with Gasteiger partial charge in [0, 0.05) is 44.1 Å². The molecule has 4 rings (SSSR count). The predicted molar refractivity (Wildman–Crippen MR) is 95.3 cm³/mol. The summed E-state index contributed by atoms with van der Waals surface area (Å²) in [5, 5.41) is 2.27. The van der Waals surface area contributed by atoms with Crippen molar-refractivity contribution in [3.05, 3.63) is 34.9 Å². The van der Waals surface area contributed by atoms with Crippen molar-refractivity contribution in [3.8, 4) is 0 Å². The smallest absolute Gasteiger partial charge is 0.262 e. The molecule has 7 nitrogen and oxygen atoms in total. The molecule has 3 N–H and O–H groups in total. The average Bonchev–Trinajstić information content (AvgIpc) is 2.89. The van der Waals surface area contributed by atoms with Gasteiger partial charge in [0.25, 0.3) is 11.8 Å². The zero-order valence-corrected chi connectivity index (χ0v) is 15.3. The number of rotatable bonds is 3. The van der Waals surface area contributed by atoms with Crippen molar-refractivity contribution in [1.82, 2.24) is 15.1 Å². The lowest BCUT2D eigenvalue weighted by Crippen LogP contribution is -2.52. The third-order valence-electron chi connectivity index (χ3n) is 5.51. The van der Waals surface area contributed by atoms with Crippen molar-refractivity contribution in [2.45, 2.75) is 50.4 Å². The van der Waals surface area contributed by atoms with E-state index >= 15 is 0 Å². The van der Waals surface area contributed by atoms with Crippen molar-refractivity contribution in [2.75, 3.05) is 13.1 Å². The summed E-state index contributed by atoms with van der Waals surface area (Å²) in [7, 11) is 0. The van der Waals surface area contributed by atoms with Crippen LogP contribution in [0.2, 0.25) is 0 Å². The molecule has 0 bridgehead atoms. The lowest BCUT2D eigenvalue weighted by molar-refractivity contribution is -0.136. The maximum Gasteiger partial charge on any atom is 0.262 e. The summed E-state index contributed by atoms with van der Waals surface area (Å²) in [6, 6.07) is 4.08. The van der Waals surface area contributed by atoms with Crippen LogP contribution >= 0.6 is 0 Å². The fourth-order valence-electron chi connectivity index (χ4n) is 4.31. The number of hydrogen-bond acceptors (Lipinski definition) is 5. The number of carbonyl (C=O) groups is 3. The first kappa shape index (κ1) is 18.9. The van der Waals surface area contributed by atoms with Crippen molar-refractivity contribution in [2.24, 2.45) is 5.73 Å². The molecule has 0 spiro atoms. The third-order valence-corrected chi connectivity index (χ3v) is 5.51. The lowest BCUT2D eigenvalue weighted by Gasteiger charge is -2.36. The van der Waals surface area contributed by atoms with Gasteiger partial charge in [0.1, 0.15) is 6.04 Å². The Morgan fingerprint density at radius 1 is 1.25 bits per heavy atom. The molecule has 1 aromatic rings. The summed E-state index contributed by atoms with van der Waals surface area (Å²) in [5.74, 6) is -3.87. The first-order valence-corrected chi connectivity index (χ1v) is 9.34. The molecule has 3 heterocycles. The molecule has 28 heavy (non-hydrogen) atoms. The fraction of sp³-hybridized carbons (Fsp3) is 0.526. The highest BCUT2D eigenvalue weighted by Gasteiger charge is 2.40. The van der Waals surface area contributed by atoms with Crippen LogP contribution < -0.4 is 11.1 Å². The van der Waals surface area contributed by atoms with Gasteiger partial charge >= 0.3 is 0 Å². The van der Waals surface area contributed by atoms with Gasteiger partial charge in [-0.2, -0.15) is 0 Å². The van der Waals surface area contributed by atoms with Gasteiger partial charge in [-0.25, -0.2) is 8.78 Å². The second kappa shape index (κ2) is 6.89. The van der Waals surface area contributed by atoms with Gasteiger partial charge in [-0.05, 0) is 23.6 Å². The average molecular weight is 392 g/mol. The van der Waals surface area contributed by atoms with Crippen LogP contribution in [0.3, 0.4) is 0 Å². The van der Waals surface area contributed by atoms with Crippen molar-refractivity contribution < 1.29 is 23.2 Å². The van der Waals surface area contributed by atoms with Crippen LogP contribution in [0, 0.1) is 0 Å². The van der Waals surface area contributed by atoms with Gasteiger partial charge < -0.3 is 10.6 Å². The number of hydrogen-bond donors (Lipinski definition) is 2. The molecule has 0 aliphatic carbocycles. The van der Waals surface area contributed by atoms with E-state index in [1.807, 2.05) is 6.07 Å². The van der Waals surface area contributed by atoms with Gasteiger partial charge in [-0.15, -0.1) is 0 Å². The molecule has 0 radical (unpaired) electrons. The van der Waals surface area contributed by atoms with E-state index in [4.69, 9.17) is 5.73 Å². The van der Waals surface area contributed by atoms with Gasteiger partial charge in [-0.3, -0.25) is 24.6 Å². The molecule has 2 atom stereocenters. The molecule has 3 aliphatic heterocycles. The summed E-state index contributed by atoms with van der Waals surface area (Å²) in [6.45, 7) is 0.604. The minimum Gasteiger partial charge on any atom is -0.326 e. The van der Waals surface area contributed by atoms with E-state index in [1.54, 1.807) is 17.0 Å². The number of piperidine rings is 2. The molecule has 1 unspecified atom stereocenters. The molecular weight excluding hydrogens is 370 g/mol. The number of alkyl halides is 2. The Labute approximate surface area is 160 Å². The Morgan fingerprint density at radius 3 is 2.75 bits per heavy atom. The van der Waals surface area contributed by atoms with Crippen LogP contribution in [-0.2, 0) is 22.7 Å². The summed E-state index contributed by atoms with van der Waals surface area (Å²) in [6.07, 6.45) is 0.191. The zero-order valence-electron chi connectivity index (χ0n) is 15.3. The van der Waals surface area contributed by atoms with Gasteiger partial charge in [-0.1, -0.05) is 12.1 Å². The fourth-order valence-corrected chi connectivity index (χ4v) is 4.31. The largest absolute Gasteiger partial charge is 0.326 e. The molecule has 9 heteroatoms. The lowest BCUT2D eigenvalue weighted by atomic mass is 10.0. The highest BCUT2D eigenvalue weighted by molar-refractivity contribution is 6.05. The molecule has 1 aromatic carbocycles. The summed E-state index contributed by atoms with van der Waals surface area (Å²) in [4.78, 5) is 39.3. The standard InChI is InChI=1S/C19H22F2N4O3/c20-19(21)6-13(22)9-24(10-19)7-11-1-2-12-8-25(18(28)14(12)5-11)15-3-4-16(26)23-17(15)27/h1-2,5,13,15H,3-4,6-10,22H2,(H,23,26,27)/t13-,15?/m1/s1. The Morgan fingerprint density at radius 2 is 2.04 bits per heavy atom. The molecule has 150 valence electrons. The normalized spacial score (nSPS) is 27.7. The minimum absolute atomic E-state index is 0.200. The highest BCUT2D eigenvalue weighted by atomic mass is 19.3. The first-order valence-electron chi connectivity index (χ1n) is 9.34. The second-order valence-electron chi connectivity index (χ2n) is 7.88. The van der Waals surface area contributed by atoms with Gasteiger partial charge in [0.2, 0.25) is 11.8 Å². The number of nitrogens with zero attached hydrogens (tertiary/aromatic N) is 2. The first-order chi connectivity index (χ1) is 13.2. The van der Waals surface area contributed by atoms with Crippen molar-refractivity contribution in [1.29, 1.82) is 0 Å². The van der Waals surface area contributed by atoms with Crippen molar-refractivity contribution >= 4 is 17.7 Å². The quantitative estimate of drug-likeness (QED) is 0.735. The molecule has 0 saturated carbocycles. The van der Waals surface area contributed by atoms with E-state index in [9.17, 15) is 23.2 Å². The number of halogens is 2. The number of benzene rings is 1. The topological polar surface area (TPSA) is 95.7 Å². The number of likely N-dealkylation sites (tertiary alicyclic amines) is 1. The van der Waals surface area contributed by atoms with Gasteiger partial charge in [0.05, 0.1) is 6.54 Å². The zero-order chi connectivity index (χ0) is 20.1. The number of amides is 3. The van der Waals surface area contributed by atoms with Crippen LogP contribution in [0.25, 0.3) is 0 Å². The predicted octanol–water partition coefficient (Wildman–Crippen LogP) is 0.616. The number of imide groups is 1. The van der Waals surface area contributed by atoms with Crippen LogP contribution in [-0.4, -0.2) is 58.6 Å². The van der Waals surface area contributed by atoms with Crippen LogP contribution in [0.5, 0.6) is 0 Å². The molecule has 3 amide bonds. The van der Waals surface area contributed by atoms with E-state index in [1.165, 1.54) is 4.90 Å². The van der Waals surface area contributed by atoms with Crippen molar-refractivity contribution in [3.63, 3.8) is 0 Å². The van der Waals surface area contributed by atoms with Crippen LogP contribution in [0.15, 0.2) is 18.2 Å². The molecule has 2 fully saturated rings. The molecular formula is C19H22F2N4O3. The molecule has 3 aliphatic rings. The maximum atomic E-state index is 13.8. The summed E-state index contributed by atoms with van der Waals surface area (Å²) in [5.41, 5.74) is 7.77. The monoisotopic (exact) mass is 392 g/mol. The second-order valence-corrected chi connectivity index (χ2v) is 7.88. The van der Waals surface area contributed by atoms with Crippen LogP contribution in [0.4, 0.5) is 8.78 Å². The summed E-state index contributed by atoms with van der Waals surface area (Å²) < 4.78 is 27.5. The Kier molecular flexibility index (Phi) is 4.67. The van der Waals surface area contributed by atoms with E-state index in [-0.39, 0.29) is 37.7 Å². The Bertz CT molecular complexity index is 844. The van der Waals surface area contributed by atoms with E-state index in [0.717, 1.165) is 11.1 Å². The highest BCUT2D eigenvalue weighted by Crippen LogP contribution is 2.30. The number of nitrogens with two attached hydrogens (primary N) is 1. The number of nitrogens with one attached hydrogen (secondary N) is 1. The third kappa shape index (κ3) is 3.64. The molecule has 0 aromatic heterocycles. The molecule has 2 saturated heterocycles. The van der Waals surface area contributed by atoms with Crippen LogP contribution in [0.1, 0.15) is 40.7 Å². The Balaban J connectivity index is 1.49. The minimum atomic E-state index is -2.81. The summed E-state index contributed by atoms with van der Waals surface area (Å²) >= 11 is 0. The van der Waals surface area contributed by atoms with E-state index < -0.39 is 23.9 Å². The van der Waals surface area contributed by atoms with E-state index in [2.05, 4.69) is 5.32 Å².